The van der Waals surface area contributed by atoms with Gasteiger partial charge in [0.05, 0.1) is 12.6 Å². The summed E-state index contributed by atoms with van der Waals surface area (Å²) in [5, 5.41) is 12.8. The standard InChI is InChI=1S/C15H26F3N3/c1-4-14(10-19,20-13-6-7-13)8-5-9-21(12(2)3)11-15(16,17)18/h12-13,20H,4-9,11H2,1-3H3. The predicted octanol–water partition coefficient (Wildman–Crippen LogP) is 3.46. The highest BCUT2D eigenvalue weighted by molar-refractivity contribution is 5.09. The van der Waals surface area contributed by atoms with Gasteiger partial charge in [-0.05, 0) is 52.5 Å². The molecule has 0 amide bonds. The third-order valence-corrected chi connectivity index (χ3v) is 4.04. The molecular formula is C15H26F3N3. The van der Waals surface area contributed by atoms with Gasteiger partial charge in [-0.2, -0.15) is 18.4 Å². The van der Waals surface area contributed by atoms with Crippen molar-refractivity contribution in [1.82, 2.24) is 10.2 Å². The third kappa shape index (κ3) is 6.66. The zero-order valence-corrected chi connectivity index (χ0v) is 13.1. The van der Waals surface area contributed by atoms with Crippen LogP contribution in [0.25, 0.3) is 0 Å². The SMILES string of the molecule is CCC(C#N)(CCCN(CC(F)(F)F)C(C)C)NC1CC1. The molecule has 0 aromatic carbocycles. The maximum Gasteiger partial charge on any atom is 0.401 e. The van der Waals surface area contributed by atoms with Gasteiger partial charge in [0.2, 0.25) is 0 Å². The smallest absolute Gasteiger partial charge is 0.297 e. The first-order valence-electron chi connectivity index (χ1n) is 7.71. The molecule has 122 valence electrons. The number of nitrogens with one attached hydrogen (secondary N) is 1. The zero-order valence-electron chi connectivity index (χ0n) is 13.1. The Morgan fingerprint density at radius 1 is 1.33 bits per heavy atom. The number of nitriles is 1. The summed E-state index contributed by atoms with van der Waals surface area (Å²) < 4.78 is 37.6. The van der Waals surface area contributed by atoms with Crippen LogP contribution in [0.2, 0.25) is 0 Å². The van der Waals surface area contributed by atoms with E-state index in [1.54, 1.807) is 13.8 Å². The van der Waals surface area contributed by atoms with Gasteiger partial charge < -0.3 is 0 Å². The molecular weight excluding hydrogens is 279 g/mol. The molecule has 0 aromatic rings. The van der Waals surface area contributed by atoms with E-state index < -0.39 is 18.3 Å². The molecule has 0 heterocycles. The van der Waals surface area contributed by atoms with E-state index >= 15 is 0 Å². The Morgan fingerprint density at radius 3 is 2.33 bits per heavy atom. The molecule has 0 bridgehead atoms. The second-order valence-corrected chi connectivity index (χ2v) is 6.25. The second-order valence-electron chi connectivity index (χ2n) is 6.25. The lowest BCUT2D eigenvalue weighted by Crippen LogP contribution is -2.46. The molecule has 1 atom stereocenters. The normalized spacial score (nSPS) is 18.8. The highest BCUT2D eigenvalue weighted by Gasteiger charge is 2.35. The summed E-state index contributed by atoms with van der Waals surface area (Å²) in [5.74, 6) is 0. The minimum atomic E-state index is -4.17. The molecule has 1 unspecified atom stereocenters. The predicted molar refractivity (Wildman–Crippen MR) is 76.8 cm³/mol. The molecule has 0 radical (unpaired) electrons. The summed E-state index contributed by atoms with van der Waals surface area (Å²) in [7, 11) is 0. The van der Waals surface area contributed by atoms with Crippen LogP contribution in [0.1, 0.15) is 52.9 Å². The molecule has 0 aliphatic heterocycles. The van der Waals surface area contributed by atoms with Crippen LogP contribution in [0, 0.1) is 11.3 Å². The van der Waals surface area contributed by atoms with Crippen molar-refractivity contribution in [1.29, 1.82) is 5.26 Å². The van der Waals surface area contributed by atoms with Crippen LogP contribution in [-0.4, -0.2) is 41.8 Å². The van der Waals surface area contributed by atoms with Crippen molar-refractivity contribution < 1.29 is 13.2 Å². The van der Waals surface area contributed by atoms with Crippen molar-refractivity contribution >= 4 is 0 Å². The van der Waals surface area contributed by atoms with Crippen molar-refractivity contribution in [3.63, 3.8) is 0 Å². The van der Waals surface area contributed by atoms with E-state index in [0.29, 0.717) is 31.8 Å². The fourth-order valence-corrected chi connectivity index (χ4v) is 2.47. The van der Waals surface area contributed by atoms with Gasteiger partial charge in [-0.1, -0.05) is 6.92 Å². The molecule has 1 fully saturated rings. The fourth-order valence-electron chi connectivity index (χ4n) is 2.47. The number of hydrogen-bond acceptors (Lipinski definition) is 3. The first-order chi connectivity index (χ1) is 9.71. The number of nitrogens with zero attached hydrogens (tertiary/aromatic N) is 2. The first-order valence-corrected chi connectivity index (χ1v) is 7.71. The average Bonchev–Trinajstić information content (AvgIpc) is 3.18. The molecule has 1 N–H and O–H groups in total. The Hall–Kier alpha value is -0.800. The quantitative estimate of drug-likeness (QED) is 0.709. The zero-order chi connectivity index (χ0) is 16.1. The van der Waals surface area contributed by atoms with E-state index in [-0.39, 0.29) is 6.04 Å². The van der Waals surface area contributed by atoms with Crippen molar-refractivity contribution in [2.75, 3.05) is 13.1 Å². The van der Waals surface area contributed by atoms with E-state index in [0.717, 1.165) is 12.8 Å². The molecule has 6 heteroatoms. The largest absolute Gasteiger partial charge is 0.401 e. The Labute approximate surface area is 125 Å². The van der Waals surface area contributed by atoms with E-state index in [2.05, 4.69) is 11.4 Å². The Bertz CT molecular complexity index is 358. The number of halogens is 3. The Morgan fingerprint density at radius 2 is 1.95 bits per heavy atom. The molecule has 1 aliphatic rings. The lowest BCUT2D eigenvalue weighted by Gasteiger charge is -2.30. The molecule has 0 aromatic heterocycles. The van der Waals surface area contributed by atoms with Gasteiger partial charge in [0.1, 0.15) is 5.54 Å². The maximum atomic E-state index is 12.5. The summed E-state index contributed by atoms with van der Waals surface area (Å²) in [6.45, 7) is 4.98. The maximum absolute atomic E-state index is 12.5. The lowest BCUT2D eigenvalue weighted by atomic mass is 9.91. The van der Waals surface area contributed by atoms with Gasteiger partial charge in [0.25, 0.3) is 0 Å². The lowest BCUT2D eigenvalue weighted by molar-refractivity contribution is -0.149. The van der Waals surface area contributed by atoms with Gasteiger partial charge in [0.15, 0.2) is 0 Å². The van der Waals surface area contributed by atoms with Crippen LogP contribution < -0.4 is 5.32 Å². The molecule has 0 saturated heterocycles. The monoisotopic (exact) mass is 305 g/mol. The van der Waals surface area contributed by atoms with Crippen LogP contribution >= 0.6 is 0 Å². The summed E-state index contributed by atoms with van der Waals surface area (Å²) >= 11 is 0. The molecule has 3 nitrogen and oxygen atoms in total. The minimum absolute atomic E-state index is 0.152. The Kier molecular flexibility index (Phi) is 6.48. The Balaban J connectivity index is 2.48. The summed E-state index contributed by atoms with van der Waals surface area (Å²) in [6, 6.07) is 2.60. The third-order valence-electron chi connectivity index (χ3n) is 4.04. The van der Waals surface area contributed by atoms with Gasteiger partial charge in [0, 0.05) is 12.1 Å². The molecule has 1 saturated carbocycles. The first kappa shape index (κ1) is 18.2. The fraction of sp³-hybridized carbons (Fsp3) is 0.933. The number of hydrogen-bond donors (Lipinski definition) is 1. The second kappa shape index (κ2) is 7.46. The van der Waals surface area contributed by atoms with Gasteiger partial charge in [-0.3, -0.25) is 10.2 Å². The van der Waals surface area contributed by atoms with E-state index in [4.69, 9.17) is 0 Å². The van der Waals surface area contributed by atoms with Crippen molar-refractivity contribution in [2.24, 2.45) is 0 Å². The molecule has 0 spiro atoms. The minimum Gasteiger partial charge on any atom is -0.297 e. The molecule has 1 rings (SSSR count). The number of alkyl halides is 3. The van der Waals surface area contributed by atoms with E-state index in [9.17, 15) is 18.4 Å². The van der Waals surface area contributed by atoms with Crippen LogP contribution in [0.4, 0.5) is 13.2 Å². The summed E-state index contributed by atoms with van der Waals surface area (Å²) in [5.41, 5.74) is -0.581. The molecule has 21 heavy (non-hydrogen) atoms. The van der Waals surface area contributed by atoms with Crippen molar-refractivity contribution in [3.05, 3.63) is 0 Å². The van der Waals surface area contributed by atoms with Crippen LogP contribution in [0.5, 0.6) is 0 Å². The average molecular weight is 305 g/mol. The highest BCUT2D eigenvalue weighted by Crippen LogP contribution is 2.27. The van der Waals surface area contributed by atoms with Gasteiger partial charge in [-0.15, -0.1) is 0 Å². The van der Waals surface area contributed by atoms with Crippen molar-refractivity contribution in [3.8, 4) is 6.07 Å². The summed E-state index contributed by atoms with van der Waals surface area (Å²) in [4.78, 5) is 1.43. The summed E-state index contributed by atoms with van der Waals surface area (Å²) in [6.07, 6.45) is -0.118. The number of rotatable bonds is 9. The van der Waals surface area contributed by atoms with Gasteiger partial charge >= 0.3 is 6.18 Å². The van der Waals surface area contributed by atoms with Crippen LogP contribution in [0.3, 0.4) is 0 Å². The highest BCUT2D eigenvalue weighted by atomic mass is 19.4. The molecule has 1 aliphatic carbocycles. The topological polar surface area (TPSA) is 39.1 Å². The van der Waals surface area contributed by atoms with Crippen LogP contribution in [0.15, 0.2) is 0 Å². The van der Waals surface area contributed by atoms with Crippen molar-refractivity contribution in [2.45, 2.75) is 76.7 Å². The van der Waals surface area contributed by atoms with E-state index in [1.807, 2.05) is 6.92 Å². The van der Waals surface area contributed by atoms with Crippen LogP contribution in [-0.2, 0) is 0 Å². The van der Waals surface area contributed by atoms with E-state index in [1.165, 1.54) is 4.90 Å². The van der Waals surface area contributed by atoms with Gasteiger partial charge in [-0.25, -0.2) is 0 Å².